The maximum Gasteiger partial charge on any atom is 0.348 e. The maximum absolute atomic E-state index is 12.1. The highest BCUT2D eigenvalue weighted by Gasteiger charge is 2.16. The molecule has 0 unspecified atom stereocenters. The Morgan fingerprint density at radius 3 is 2.79 bits per heavy atom. The average Bonchev–Trinajstić information content (AvgIpc) is 3.01. The number of ether oxygens (including phenoxy) is 1. The van der Waals surface area contributed by atoms with Gasteiger partial charge in [-0.15, -0.1) is 0 Å². The summed E-state index contributed by atoms with van der Waals surface area (Å²) in [6, 6.07) is 15.9. The molecule has 0 fully saturated rings. The van der Waals surface area contributed by atoms with Crippen LogP contribution in [0.3, 0.4) is 0 Å². The number of pyridine rings is 1. The molecule has 2 aromatic carbocycles. The average molecular weight is 319 g/mol. The molecular weight excluding hydrogens is 302 g/mol. The number of rotatable bonds is 3. The molecule has 4 rings (SSSR count). The molecule has 0 spiro atoms. The predicted octanol–water partition coefficient (Wildman–Crippen LogP) is 3.41. The van der Waals surface area contributed by atoms with Crippen molar-refractivity contribution in [3.05, 3.63) is 64.6 Å². The number of nitrogens with one attached hydrogen (secondary N) is 1. The summed E-state index contributed by atoms with van der Waals surface area (Å²) in [7, 11) is 1.68. The highest BCUT2D eigenvalue weighted by atomic mass is 16.5. The normalized spacial score (nSPS) is 11.2. The van der Waals surface area contributed by atoms with Crippen LogP contribution in [0.5, 0.6) is 5.75 Å². The van der Waals surface area contributed by atoms with Crippen molar-refractivity contribution in [3.8, 4) is 16.9 Å². The van der Waals surface area contributed by atoms with Gasteiger partial charge < -0.3 is 4.74 Å². The highest BCUT2D eigenvalue weighted by molar-refractivity contribution is 5.99. The summed E-state index contributed by atoms with van der Waals surface area (Å²) in [5.74, 6) is 0.821. The third kappa shape index (κ3) is 2.01. The molecule has 2 aromatic heterocycles. The van der Waals surface area contributed by atoms with E-state index in [1.165, 1.54) is 5.56 Å². The monoisotopic (exact) mass is 319 g/mol. The lowest BCUT2D eigenvalue weighted by Gasteiger charge is -2.15. The molecule has 1 N–H and O–H groups in total. The van der Waals surface area contributed by atoms with E-state index in [0.29, 0.717) is 5.65 Å². The quantitative estimate of drug-likeness (QED) is 0.629. The number of methoxy groups -OCH3 is 1. The molecule has 5 heteroatoms. The minimum atomic E-state index is -0.233. The molecule has 2 heterocycles. The Morgan fingerprint density at radius 1 is 1.17 bits per heavy atom. The molecule has 4 aromatic rings. The fraction of sp³-hybridized carbons (Fsp3) is 0.158. The lowest BCUT2D eigenvalue weighted by atomic mass is 9.94. The Balaban J connectivity index is 2.20. The zero-order valence-corrected chi connectivity index (χ0v) is 13.5. The van der Waals surface area contributed by atoms with Crippen molar-refractivity contribution in [2.45, 2.75) is 13.3 Å². The number of aromatic nitrogens is 3. The van der Waals surface area contributed by atoms with Gasteiger partial charge in [-0.1, -0.05) is 37.3 Å². The van der Waals surface area contributed by atoms with Gasteiger partial charge >= 0.3 is 5.69 Å². The number of aromatic amines is 1. The molecule has 0 bridgehead atoms. The van der Waals surface area contributed by atoms with E-state index < -0.39 is 0 Å². The van der Waals surface area contributed by atoms with Crippen molar-refractivity contribution in [1.29, 1.82) is 0 Å². The third-order valence-electron chi connectivity index (χ3n) is 4.39. The molecule has 0 amide bonds. The number of aryl methyl sites for hydroxylation is 1. The van der Waals surface area contributed by atoms with Crippen molar-refractivity contribution in [1.82, 2.24) is 14.6 Å². The first-order valence-corrected chi connectivity index (χ1v) is 7.89. The van der Waals surface area contributed by atoms with E-state index in [4.69, 9.17) is 4.74 Å². The molecule has 0 aliphatic rings. The molecule has 5 nitrogen and oxygen atoms in total. The van der Waals surface area contributed by atoms with Crippen LogP contribution in [0.2, 0.25) is 0 Å². The van der Waals surface area contributed by atoms with Crippen LogP contribution in [0.1, 0.15) is 12.5 Å². The molecule has 0 radical (unpaired) electrons. The Kier molecular flexibility index (Phi) is 3.34. The summed E-state index contributed by atoms with van der Waals surface area (Å²) in [5, 5.41) is 7.67. The van der Waals surface area contributed by atoms with Gasteiger partial charge in [-0.2, -0.15) is 5.10 Å². The van der Waals surface area contributed by atoms with Gasteiger partial charge in [-0.3, -0.25) is 0 Å². The van der Waals surface area contributed by atoms with E-state index in [0.717, 1.165) is 34.2 Å². The summed E-state index contributed by atoms with van der Waals surface area (Å²) >= 11 is 0. The van der Waals surface area contributed by atoms with Crippen molar-refractivity contribution >= 4 is 16.6 Å². The predicted molar refractivity (Wildman–Crippen MR) is 94.7 cm³/mol. The fourth-order valence-electron chi connectivity index (χ4n) is 3.30. The van der Waals surface area contributed by atoms with Crippen molar-refractivity contribution in [3.63, 3.8) is 0 Å². The fourth-order valence-corrected chi connectivity index (χ4v) is 3.30. The van der Waals surface area contributed by atoms with Gasteiger partial charge in [-0.05, 0) is 35.7 Å². The second-order valence-corrected chi connectivity index (χ2v) is 5.65. The number of fused-ring (bicyclic) bond motifs is 3. The molecule has 24 heavy (non-hydrogen) atoms. The second kappa shape index (κ2) is 5.53. The van der Waals surface area contributed by atoms with Gasteiger partial charge in [0.2, 0.25) is 0 Å². The Bertz CT molecular complexity index is 1090. The van der Waals surface area contributed by atoms with E-state index in [1.54, 1.807) is 11.5 Å². The smallest absolute Gasteiger partial charge is 0.348 e. The number of H-pyrrole nitrogens is 1. The van der Waals surface area contributed by atoms with Crippen LogP contribution in [0, 0.1) is 0 Å². The van der Waals surface area contributed by atoms with E-state index in [9.17, 15) is 4.79 Å². The van der Waals surface area contributed by atoms with Crippen molar-refractivity contribution in [2.24, 2.45) is 0 Å². The van der Waals surface area contributed by atoms with Gasteiger partial charge in [0, 0.05) is 10.9 Å². The topological polar surface area (TPSA) is 59.4 Å². The molecular formula is C19H17N3O2. The number of para-hydroxylation sites is 1. The van der Waals surface area contributed by atoms with Crippen molar-refractivity contribution in [2.75, 3.05) is 7.11 Å². The molecule has 0 aliphatic carbocycles. The van der Waals surface area contributed by atoms with Crippen LogP contribution < -0.4 is 10.4 Å². The summed E-state index contributed by atoms with van der Waals surface area (Å²) in [6.07, 6.45) is 0.888. The van der Waals surface area contributed by atoms with Gasteiger partial charge in [-0.25, -0.2) is 14.3 Å². The van der Waals surface area contributed by atoms with Crippen LogP contribution in [0.25, 0.3) is 27.7 Å². The Morgan fingerprint density at radius 2 is 2.00 bits per heavy atom. The minimum Gasteiger partial charge on any atom is -0.496 e. The van der Waals surface area contributed by atoms with E-state index in [2.05, 4.69) is 23.2 Å². The summed E-state index contributed by atoms with van der Waals surface area (Å²) in [6.45, 7) is 2.12. The molecule has 0 atom stereocenters. The summed E-state index contributed by atoms with van der Waals surface area (Å²) in [4.78, 5) is 12.1. The first kappa shape index (κ1) is 14.5. The first-order valence-electron chi connectivity index (χ1n) is 7.89. The number of benzene rings is 2. The number of nitrogens with zero attached hydrogens (tertiary/aromatic N) is 2. The summed E-state index contributed by atoms with van der Waals surface area (Å²) < 4.78 is 7.21. The van der Waals surface area contributed by atoms with Crippen LogP contribution in [-0.2, 0) is 6.42 Å². The number of hydrogen-bond donors (Lipinski definition) is 1. The van der Waals surface area contributed by atoms with Crippen LogP contribution in [0.4, 0.5) is 0 Å². The lowest BCUT2D eigenvalue weighted by Crippen LogP contribution is -2.10. The van der Waals surface area contributed by atoms with Crippen LogP contribution >= 0.6 is 0 Å². The Labute approximate surface area is 138 Å². The third-order valence-corrected chi connectivity index (χ3v) is 4.39. The van der Waals surface area contributed by atoms with Gasteiger partial charge in [0.25, 0.3) is 0 Å². The van der Waals surface area contributed by atoms with Crippen molar-refractivity contribution < 1.29 is 4.74 Å². The van der Waals surface area contributed by atoms with E-state index in [-0.39, 0.29) is 5.69 Å². The molecule has 0 saturated carbocycles. The second-order valence-electron chi connectivity index (χ2n) is 5.65. The lowest BCUT2D eigenvalue weighted by molar-refractivity contribution is 0.416. The largest absolute Gasteiger partial charge is 0.496 e. The Hall–Kier alpha value is -3.08. The molecule has 120 valence electrons. The zero-order valence-electron chi connectivity index (χ0n) is 13.5. The molecule has 0 saturated heterocycles. The number of hydrogen-bond acceptors (Lipinski definition) is 3. The minimum absolute atomic E-state index is 0.233. The van der Waals surface area contributed by atoms with Crippen LogP contribution in [0.15, 0.2) is 53.3 Å². The van der Waals surface area contributed by atoms with Gasteiger partial charge in [0.1, 0.15) is 5.75 Å². The van der Waals surface area contributed by atoms with Crippen LogP contribution in [-0.4, -0.2) is 21.7 Å². The molecule has 0 aliphatic heterocycles. The van der Waals surface area contributed by atoms with E-state index in [1.807, 2.05) is 42.5 Å². The standard InChI is InChI=1S/C19H17N3O2/c1-3-12-7-6-10-16(24-2)18(12)14-11-17-20-21-19(23)22(17)15-9-5-4-8-13(14)15/h4-11H,3H2,1-2H3,(H,21,23). The maximum atomic E-state index is 12.1. The van der Waals surface area contributed by atoms with Gasteiger partial charge in [0.15, 0.2) is 5.65 Å². The first-order chi connectivity index (χ1) is 11.7. The zero-order chi connectivity index (χ0) is 16.7. The van der Waals surface area contributed by atoms with Gasteiger partial charge in [0.05, 0.1) is 12.6 Å². The SMILES string of the molecule is CCc1cccc(OC)c1-c1cc2n[nH]c(=O)n2c2ccccc12. The summed E-state index contributed by atoms with van der Waals surface area (Å²) in [5.41, 5.74) is 4.46. The highest BCUT2D eigenvalue weighted by Crippen LogP contribution is 2.38. The van der Waals surface area contributed by atoms with E-state index >= 15 is 0 Å².